The Morgan fingerprint density at radius 1 is 1.08 bits per heavy atom. The maximum Gasteiger partial charge on any atom is 0.268 e. The van der Waals surface area contributed by atoms with E-state index in [4.69, 9.17) is 0 Å². The quantitative estimate of drug-likeness (QED) is 0.758. The summed E-state index contributed by atoms with van der Waals surface area (Å²) in [5, 5.41) is 4.39. The molecule has 4 rings (SSSR count). The van der Waals surface area contributed by atoms with Gasteiger partial charge < -0.3 is 5.32 Å². The standard InChI is InChI=1S/C19H20N2O2S.ClH/c1-14-6-8-16(9-7-14)24(22,23)21-13-18(15-10-11-20-12-15)17-4-2-3-5-19(17)21;/h2-9,13,15,20H,10-12H2,1H3;1H. The van der Waals surface area contributed by atoms with Crippen molar-refractivity contribution in [1.29, 1.82) is 0 Å². The van der Waals surface area contributed by atoms with Crippen LogP contribution in [0.2, 0.25) is 0 Å². The number of hydrogen-bond donors (Lipinski definition) is 1. The summed E-state index contributed by atoms with van der Waals surface area (Å²) in [6.45, 7) is 3.83. The molecule has 1 aliphatic heterocycles. The highest BCUT2D eigenvalue weighted by molar-refractivity contribution is 7.90. The summed E-state index contributed by atoms with van der Waals surface area (Å²) in [5.74, 6) is 0.365. The van der Waals surface area contributed by atoms with E-state index in [-0.39, 0.29) is 12.4 Å². The number of hydrogen-bond acceptors (Lipinski definition) is 3. The highest BCUT2D eigenvalue weighted by Crippen LogP contribution is 2.33. The number of halogens is 1. The Hall–Kier alpha value is -1.82. The average Bonchev–Trinajstić information content (AvgIpc) is 3.23. The number of nitrogens with one attached hydrogen (secondary N) is 1. The van der Waals surface area contributed by atoms with Gasteiger partial charge in [-0.3, -0.25) is 0 Å². The molecule has 1 aromatic heterocycles. The molecule has 1 fully saturated rings. The fourth-order valence-corrected chi connectivity index (χ4v) is 4.82. The number of aryl methyl sites for hydroxylation is 1. The van der Waals surface area contributed by atoms with Crippen LogP contribution in [0.25, 0.3) is 10.9 Å². The Balaban J connectivity index is 0.00000182. The minimum atomic E-state index is -3.59. The summed E-state index contributed by atoms with van der Waals surface area (Å²) >= 11 is 0. The van der Waals surface area contributed by atoms with E-state index < -0.39 is 10.0 Å². The molecule has 3 aromatic rings. The SMILES string of the molecule is Cc1ccc(S(=O)(=O)n2cc(C3CCNC3)c3ccccc32)cc1.Cl. The van der Waals surface area contributed by atoms with Gasteiger partial charge in [0.15, 0.2) is 0 Å². The summed E-state index contributed by atoms with van der Waals surface area (Å²) in [7, 11) is -3.59. The molecule has 1 unspecified atom stereocenters. The third kappa shape index (κ3) is 3.08. The lowest BCUT2D eigenvalue weighted by Crippen LogP contribution is -2.12. The van der Waals surface area contributed by atoms with Gasteiger partial charge in [0.1, 0.15) is 0 Å². The van der Waals surface area contributed by atoms with Crippen molar-refractivity contribution in [2.45, 2.75) is 24.2 Å². The third-order valence-corrected chi connectivity index (χ3v) is 6.47. The van der Waals surface area contributed by atoms with E-state index in [0.29, 0.717) is 10.8 Å². The second-order valence-electron chi connectivity index (χ2n) is 6.41. The molecule has 6 heteroatoms. The van der Waals surface area contributed by atoms with Crippen LogP contribution in [-0.4, -0.2) is 25.5 Å². The van der Waals surface area contributed by atoms with Crippen molar-refractivity contribution in [2.24, 2.45) is 0 Å². The number of rotatable bonds is 3. The van der Waals surface area contributed by atoms with Crippen LogP contribution in [0.1, 0.15) is 23.5 Å². The van der Waals surface area contributed by atoms with Gasteiger partial charge in [0.05, 0.1) is 10.4 Å². The maximum absolute atomic E-state index is 13.1. The largest absolute Gasteiger partial charge is 0.316 e. The first-order valence-electron chi connectivity index (χ1n) is 8.20. The van der Waals surface area contributed by atoms with Crippen LogP contribution in [0.3, 0.4) is 0 Å². The first-order valence-corrected chi connectivity index (χ1v) is 9.64. The average molecular weight is 377 g/mol. The maximum atomic E-state index is 13.1. The van der Waals surface area contributed by atoms with E-state index in [9.17, 15) is 8.42 Å². The van der Waals surface area contributed by atoms with Crippen molar-refractivity contribution < 1.29 is 8.42 Å². The van der Waals surface area contributed by atoms with E-state index in [0.717, 1.165) is 41.5 Å². The van der Waals surface area contributed by atoms with Crippen LogP contribution in [-0.2, 0) is 10.0 Å². The fraction of sp³-hybridized carbons (Fsp3) is 0.263. The van der Waals surface area contributed by atoms with E-state index in [1.807, 2.05) is 49.5 Å². The smallest absolute Gasteiger partial charge is 0.268 e. The Bertz CT molecular complexity index is 988. The van der Waals surface area contributed by atoms with Crippen LogP contribution in [0.4, 0.5) is 0 Å². The lowest BCUT2D eigenvalue weighted by Gasteiger charge is -2.08. The van der Waals surface area contributed by atoms with E-state index >= 15 is 0 Å². The molecule has 0 saturated carbocycles. The summed E-state index contributed by atoms with van der Waals surface area (Å²) in [4.78, 5) is 0.324. The molecule has 1 aliphatic rings. The van der Waals surface area contributed by atoms with Crippen LogP contribution < -0.4 is 5.32 Å². The van der Waals surface area contributed by atoms with Gasteiger partial charge in [0, 0.05) is 18.1 Å². The monoisotopic (exact) mass is 376 g/mol. The molecule has 0 aliphatic carbocycles. The van der Waals surface area contributed by atoms with Gasteiger partial charge in [0.25, 0.3) is 10.0 Å². The molecular formula is C19H21ClN2O2S. The second kappa shape index (κ2) is 6.83. The predicted molar refractivity (Wildman–Crippen MR) is 103 cm³/mol. The summed E-state index contributed by atoms with van der Waals surface area (Å²) in [5.41, 5.74) is 2.91. The Morgan fingerprint density at radius 2 is 1.80 bits per heavy atom. The van der Waals surface area contributed by atoms with Gasteiger partial charge in [-0.1, -0.05) is 35.9 Å². The van der Waals surface area contributed by atoms with Crippen molar-refractivity contribution in [2.75, 3.05) is 13.1 Å². The highest BCUT2D eigenvalue weighted by Gasteiger charge is 2.25. The van der Waals surface area contributed by atoms with Gasteiger partial charge in [-0.25, -0.2) is 12.4 Å². The number of aromatic nitrogens is 1. The lowest BCUT2D eigenvalue weighted by molar-refractivity contribution is 0.588. The van der Waals surface area contributed by atoms with Crippen LogP contribution in [0, 0.1) is 6.92 Å². The normalized spacial score (nSPS) is 17.6. The van der Waals surface area contributed by atoms with E-state index in [1.54, 1.807) is 12.1 Å². The fourth-order valence-electron chi connectivity index (χ4n) is 3.44. The van der Waals surface area contributed by atoms with Crippen LogP contribution in [0.5, 0.6) is 0 Å². The van der Waals surface area contributed by atoms with Crippen LogP contribution in [0.15, 0.2) is 59.6 Å². The molecule has 4 nitrogen and oxygen atoms in total. The Kier molecular flexibility index (Phi) is 4.91. The predicted octanol–water partition coefficient (Wildman–Crippen LogP) is 3.69. The van der Waals surface area contributed by atoms with Crippen molar-refractivity contribution in [3.63, 3.8) is 0 Å². The number of benzene rings is 2. The molecule has 0 amide bonds. The van der Waals surface area contributed by atoms with Gasteiger partial charge in [-0.2, -0.15) is 0 Å². The van der Waals surface area contributed by atoms with Crippen molar-refractivity contribution in [3.8, 4) is 0 Å². The molecule has 1 atom stereocenters. The molecule has 2 heterocycles. The molecule has 0 spiro atoms. The summed E-state index contributed by atoms with van der Waals surface area (Å²) in [6, 6.07) is 14.8. The zero-order chi connectivity index (χ0) is 16.7. The third-order valence-electron chi connectivity index (χ3n) is 4.79. The van der Waals surface area contributed by atoms with E-state index in [1.165, 1.54) is 3.97 Å². The topological polar surface area (TPSA) is 51.1 Å². The van der Waals surface area contributed by atoms with Gasteiger partial charge in [-0.05, 0) is 49.6 Å². The highest BCUT2D eigenvalue weighted by atomic mass is 35.5. The second-order valence-corrected chi connectivity index (χ2v) is 8.22. The number of nitrogens with zero attached hydrogens (tertiary/aromatic N) is 1. The molecule has 132 valence electrons. The molecule has 0 bridgehead atoms. The van der Waals surface area contributed by atoms with Crippen molar-refractivity contribution >= 4 is 33.3 Å². The molecule has 1 saturated heterocycles. The minimum absolute atomic E-state index is 0. The first kappa shape index (κ1) is 18.0. The molecule has 1 N–H and O–H groups in total. The van der Waals surface area contributed by atoms with E-state index in [2.05, 4.69) is 5.32 Å². The zero-order valence-corrected chi connectivity index (χ0v) is 15.6. The van der Waals surface area contributed by atoms with Crippen molar-refractivity contribution in [3.05, 3.63) is 65.9 Å². The first-order chi connectivity index (χ1) is 11.6. The number of para-hydroxylation sites is 1. The number of fused-ring (bicyclic) bond motifs is 1. The lowest BCUT2D eigenvalue weighted by atomic mass is 9.98. The molecule has 25 heavy (non-hydrogen) atoms. The van der Waals surface area contributed by atoms with Gasteiger partial charge in [0.2, 0.25) is 0 Å². The van der Waals surface area contributed by atoms with Gasteiger partial charge in [-0.15, -0.1) is 12.4 Å². The van der Waals surface area contributed by atoms with Crippen molar-refractivity contribution in [1.82, 2.24) is 9.29 Å². The summed E-state index contributed by atoms with van der Waals surface area (Å²) < 4.78 is 27.7. The molecule has 0 radical (unpaired) electrons. The minimum Gasteiger partial charge on any atom is -0.316 e. The summed E-state index contributed by atoms with van der Waals surface area (Å²) in [6.07, 6.45) is 2.86. The van der Waals surface area contributed by atoms with Gasteiger partial charge >= 0.3 is 0 Å². The Morgan fingerprint density at radius 3 is 2.48 bits per heavy atom. The zero-order valence-electron chi connectivity index (χ0n) is 14.0. The Labute approximate surface area is 154 Å². The molecule has 2 aromatic carbocycles. The molecular weight excluding hydrogens is 356 g/mol. The van der Waals surface area contributed by atoms with Crippen LogP contribution >= 0.6 is 12.4 Å².